The first-order valence-electron chi connectivity index (χ1n) is 6.30. The average Bonchev–Trinajstić information content (AvgIpc) is 2.45. The lowest BCUT2D eigenvalue weighted by Gasteiger charge is -2.09. The number of carbonyl (C=O) groups is 1. The molecular formula is C17H16O3. The Balaban J connectivity index is 2.41. The van der Waals surface area contributed by atoms with Crippen molar-refractivity contribution in [2.75, 3.05) is 0 Å². The molecule has 0 heterocycles. The smallest absolute Gasteiger partial charge is 0.196 e. The van der Waals surface area contributed by atoms with E-state index in [4.69, 9.17) is 4.74 Å². The lowest BCUT2D eigenvalue weighted by molar-refractivity contribution is 0.103. The van der Waals surface area contributed by atoms with Crippen molar-refractivity contribution in [3.8, 4) is 5.75 Å². The van der Waals surface area contributed by atoms with Gasteiger partial charge in [0.15, 0.2) is 5.78 Å². The fraction of sp³-hybridized carbons (Fsp3) is 0.118. The van der Waals surface area contributed by atoms with Crippen LogP contribution in [0.4, 0.5) is 0 Å². The summed E-state index contributed by atoms with van der Waals surface area (Å²) in [6, 6.07) is 14.4. The first-order chi connectivity index (χ1) is 9.58. The van der Waals surface area contributed by atoms with Gasteiger partial charge in [0.25, 0.3) is 0 Å². The molecule has 2 rings (SSSR count). The van der Waals surface area contributed by atoms with Crippen molar-refractivity contribution in [1.29, 1.82) is 0 Å². The lowest BCUT2D eigenvalue weighted by atomic mass is 10.0. The van der Waals surface area contributed by atoms with E-state index >= 15 is 0 Å². The summed E-state index contributed by atoms with van der Waals surface area (Å²) in [5.74, 6) is 0.376. The highest BCUT2D eigenvalue weighted by molar-refractivity contribution is 6.10. The van der Waals surface area contributed by atoms with Gasteiger partial charge in [-0.3, -0.25) is 4.79 Å². The zero-order valence-corrected chi connectivity index (χ0v) is 11.5. The molecule has 2 aromatic carbocycles. The molecule has 102 valence electrons. The molecule has 0 amide bonds. The topological polar surface area (TPSA) is 46.5 Å². The summed E-state index contributed by atoms with van der Waals surface area (Å²) in [5.41, 5.74) is 2.05. The molecule has 0 fully saturated rings. The molecule has 0 unspecified atom stereocenters. The molecular weight excluding hydrogens is 252 g/mol. The third-order valence-corrected chi connectivity index (χ3v) is 2.77. The van der Waals surface area contributed by atoms with Crippen LogP contribution >= 0.6 is 0 Å². The summed E-state index contributed by atoms with van der Waals surface area (Å²) < 4.78 is 5.39. The van der Waals surface area contributed by atoms with Gasteiger partial charge in [0.2, 0.25) is 0 Å². The highest BCUT2D eigenvalue weighted by Gasteiger charge is 2.14. The summed E-state index contributed by atoms with van der Waals surface area (Å²) in [4.78, 5) is 12.5. The van der Waals surface area contributed by atoms with Gasteiger partial charge in [-0.25, -0.2) is 0 Å². The molecule has 2 aromatic rings. The van der Waals surface area contributed by atoms with E-state index < -0.39 is 0 Å². The van der Waals surface area contributed by atoms with Gasteiger partial charge in [0.1, 0.15) is 17.8 Å². The molecule has 1 N–H and O–H groups in total. The Hall–Kier alpha value is -2.55. The van der Waals surface area contributed by atoms with Crippen molar-refractivity contribution in [3.63, 3.8) is 0 Å². The van der Waals surface area contributed by atoms with Crippen LogP contribution in [0, 0.1) is 6.92 Å². The number of benzene rings is 2. The maximum absolute atomic E-state index is 12.5. The van der Waals surface area contributed by atoms with Gasteiger partial charge in [-0.1, -0.05) is 36.4 Å². The van der Waals surface area contributed by atoms with Gasteiger partial charge in [-0.05, 0) is 31.5 Å². The maximum atomic E-state index is 12.5. The molecule has 0 spiro atoms. The molecule has 0 saturated carbocycles. The second-order valence-corrected chi connectivity index (χ2v) is 4.57. The highest BCUT2D eigenvalue weighted by atomic mass is 16.5. The first-order valence-corrected chi connectivity index (χ1v) is 6.30. The minimum Gasteiger partial charge on any atom is -0.509 e. The molecule has 3 heteroatoms. The van der Waals surface area contributed by atoms with E-state index in [0.29, 0.717) is 16.9 Å². The van der Waals surface area contributed by atoms with E-state index in [1.54, 1.807) is 24.3 Å². The number of ether oxygens (including phenoxy) is 1. The fourth-order valence-electron chi connectivity index (χ4n) is 1.81. The Kier molecular flexibility index (Phi) is 4.20. The Bertz CT molecular complexity index is 639. The Morgan fingerprint density at radius 1 is 1.15 bits per heavy atom. The standard InChI is InChI=1S/C17H16O3/c1-12-8-9-15(16(10-12)20-11-13(2)18)17(19)14-6-4-3-5-7-14/h3-11,18H,1-2H3. The van der Waals surface area contributed by atoms with Crippen molar-refractivity contribution in [3.05, 3.63) is 77.2 Å². The van der Waals surface area contributed by atoms with Crippen molar-refractivity contribution >= 4 is 5.78 Å². The van der Waals surface area contributed by atoms with Crippen LogP contribution in [-0.2, 0) is 0 Å². The number of hydrogen-bond donors (Lipinski definition) is 1. The Morgan fingerprint density at radius 2 is 1.85 bits per heavy atom. The lowest BCUT2D eigenvalue weighted by Crippen LogP contribution is -2.04. The van der Waals surface area contributed by atoms with Gasteiger partial charge in [0, 0.05) is 5.56 Å². The predicted molar refractivity (Wildman–Crippen MR) is 78.1 cm³/mol. The van der Waals surface area contributed by atoms with Gasteiger partial charge >= 0.3 is 0 Å². The van der Waals surface area contributed by atoms with Crippen LogP contribution in [-0.4, -0.2) is 10.9 Å². The second kappa shape index (κ2) is 6.06. The third kappa shape index (κ3) is 3.26. The number of allylic oxidation sites excluding steroid dienone is 1. The monoisotopic (exact) mass is 268 g/mol. The molecule has 3 nitrogen and oxygen atoms in total. The summed E-state index contributed by atoms with van der Waals surface area (Å²) in [5, 5.41) is 9.18. The van der Waals surface area contributed by atoms with Crippen LogP contribution in [0.25, 0.3) is 0 Å². The van der Waals surface area contributed by atoms with Crippen LogP contribution in [0.3, 0.4) is 0 Å². The van der Waals surface area contributed by atoms with Crippen molar-refractivity contribution in [2.45, 2.75) is 13.8 Å². The van der Waals surface area contributed by atoms with Crippen LogP contribution in [0.15, 0.2) is 60.6 Å². The summed E-state index contributed by atoms with van der Waals surface area (Å²) in [6.07, 6.45) is 1.22. The van der Waals surface area contributed by atoms with E-state index in [0.717, 1.165) is 5.56 Å². The Morgan fingerprint density at radius 3 is 2.50 bits per heavy atom. The number of hydrogen-bond acceptors (Lipinski definition) is 3. The highest BCUT2D eigenvalue weighted by Crippen LogP contribution is 2.24. The quantitative estimate of drug-likeness (QED) is 0.672. The zero-order chi connectivity index (χ0) is 14.5. The summed E-state index contributed by atoms with van der Waals surface area (Å²) in [6.45, 7) is 3.42. The number of aliphatic hydroxyl groups excluding tert-OH is 1. The van der Waals surface area contributed by atoms with Crippen LogP contribution in [0.5, 0.6) is 5.75 Å². The number of carbonyl (C=O) groups excluding carboxylic acids is 1. The molecule has 0 bridgehead atoms. The first kappa shape index (κ1) is 13.9. The van der Waals surface area contributed by atoms with Crippen LogP contribution in [0.1, 0.15) is 28.4 Å². The number of aryl methyl sites for hydroxylation is 1. The minimum absolute atomic E-state index is 0.0459. The van der Waals surface area contributed by atoms with Gasteiger partial charge < -0.3 is 9.84 Å². The summed E-state index contributed by atoms with van der Waals surface area (Å²) in [7, 11) is 0. The van der Waals surface area contributed by atoms with Gasteiger partial charge in [0.05, 0.1) is 5.56 Å². The maximum Gasteiger partial charge on any atom is 0.196 e. The molecule has 0 radical (unpaired) electrons. The molecule has 0 aliphatic heterocycles. The fourth-order valence-corrected chi connectivity index (χ4v) is 1.81. The molecule has 0 aliphatic rings. The molecule has 20 heavy (non-hydrogen) atoms. The van der Waals surface area contributed by atoms with Gasteiger partial charge in [-0.2, -0.15) is 0 Å². The van der Waals surface area contributed by atoms with E-state index in [-0.39, 0.29) is 11.5 Å². The van der Waals surface area contributed by atoms with Gasteiger partial charge in [-0.15, -0.1) is 0 Å². The SMILES string of the molecule is CC(O)=COc1cc(C)ccc1C(=O)c1ccccc1. The van der Waals surface area contributed by atoms with E-state index in [9.17, 15) is 9.90 Å². The Labute approximate surface area is 118 Å². The molecule has 0 aromatic heterocycles. The average molecular weight is 268 g/mol. The van der Waals surface area contributed by atoms with Crippen molar-refractivity contribution in [2.24, 2.45) is 0 Å². The third-order valence-electron chi connectivity index (χ3n) is 2.77. The van der Waals surface area contributed by atoms with Crippen LogP contribution in [0.2, 0.25) is 0 Å². The predicted octanol–water partition coefficient (Wildman–Crippen LogP) is 4.02. The zero-order valence-electron chi connectivity index (χ0n) is 11.5. The molecule has 0 aliphatic carbocycles. The van der Waals surface area contributed by atoms with E-state index in [1.165, 1.54) is 13.2 Å². The normalized spacial score (nSPS) is 11.2. The molecule has 0 atom stereocenters. The van der Waals surface area contributed by atoms with Crippen molar-refractivity contribution in [1.82, 2.24) is 0 Å². The number of ketones is 1. The second-order valence-electron chi connectivity index (χ2n) is 4.57. The number of rotatable bonds is 4. The van der Waals surface area contributed by atoms with E-state index in [1.807, 2.05) is 31.2 Å². The molecule has 0 saturated heterocycles. The van der Waals surface area contributed by atoms with E-state index in [2.05, 4.69) is 0 Å². The van der Waals surface area contributed by atoms with Crippen molar-refractivity contribution < 1.29 is 14.6 Å². The minimum atomic E-state index is -0.107. The largest absolute Gasteiger partial charge is 0.509 e. The van der Waals surface area contributed by atoms with Crippen LogP contribution < -0.4 is 4.74 Å². The number of aliphatic hydroxyl groups is 1. The summed E-state index contributed by atoms with van der Waals surface area (Å²) >= 11 is 0.